The molecule has 4 heteroatoms. The third-order valence-corrected chi connectivity index (χ3v) is 2.54. The number of nitrogens with one attached hydrogen (secondary N) is 1. The fourth-order valence-electron chi connectivity index (χ4n) is 1.58. The van der Waals surface area contributed by atoms with Crippen molar-refractivity contribution in [1.82, 2.24) is 4.98 Å². The van der Waals surface area contributed by atoms with Crippen molar-refractivity contribution < 1.29 is 0 Å². The van der Waals surface area contributed by atoms with Gasteiger partial charge in [0, 0.05) is 31.4 Å². The van der Waals surface area contributed by atoms with Gasteiger partial charge in [-0.2, -0.15) is 0 Å². The monoisotopic (exact) mass is 260 g/mol. The van der Waals surface area contributed by atoms with Crippen LogP contribution in [0, 0.1) is 0 Å². The number of nitrogens with two attached hydrogens (primary N) is 1. The number of anilines is 1. The van der Waals surface area contributed by atoms with Crippen LogP contribution in [-0.2, 0) is 6.42 Å². The second-order valence-electron chi connectivity index (χ2n) is 4.22. The molecule has 0 atom stereocenters. The number of aromatic nitrogens is 1. The predicted octanol–water partition coefficient (Wildman–Crippen LogP) is 2.42. The van der Waals surface area contributed by atoms with Crippen molar-refractivity contribution in [2.75, 3.05) is 25.0 Å². The van der Waals surface area contributed by atoms with E-state index in [1.54, 1.807) is 0 Å². The smallest absolute Gasteiger partial charge is 0.126 e. The van der Waals surface area contributed by atoms with Gasteiger partial charge in [-0.1, -0.05) is 19.1 Å². The molecule has 3 N–H and O–H groups in total. The van der Waals surface area contributed by atoms with Crippen LogP contribution in [0.5, 0.6) is 0 Å². The Labute approximate surface area is 115 Å². The Kier molecular flexibility index (Phi) is 8.31. The standard InChI is InChI=1S/C15H24N4/c1-2-3-4-11-17-12-6-13-18-15-8-5-7-14(19-15)9-10-16/h3-5,7-8,11H,2,6,9-10,12-13,16H2,1H3,(H,18,19)/b4-3-,17-11?. The maximum atomic E-state index is 5.52. The van der Waals surface area contributed by atoms with Crippen molar-refractivity contribution >= 4 is 12.0 Å². The summed E-state index contributed by atoms with van der Waals surface area (Å²) in [6, 6.07) is 5.99. The molecule has 4 nitrogen and oxygen atoms in total. The Morgan fingerprint density at radius 1 is 1.42 bits per heavy atom. The molecule has 0 aromatic carbocycles. The fraction of sp³-hybridized carbons (Fsp3) is 0.467. The van der Waals surface area contributed by atoms with Crippen molar-refractivity contribution in [2.45, 2.75) is 26.2 Å². The number of pyridine rings is 1. The predicted molar refractivity (Wildman–Crippen MR) is 82.9 cm³/mol. The first-order chi connectivity index (χ1) is 9.36. The van der Waals surface area contributed by atoms with Crippen LogP contribution in [0.2, 0.25) is 0 Å². The molecule has 0 amide bonds. The number of allylic oxidation sites excluding steroid dienone is 2. The molecule has 1 heterocycles. The lowest BCUT2D eigenvalue weighted by Crippen LogP contribution is -2.08. The number of aliphatic imine (C=N–C) groups is 1. The van der Waals surface area contributed by atoms with Crippen LogP contribution < -0.4 is 11.1 Å². The molecule has 104 valence electrons. The highest BCUT2D eigenvalue weighted by Gasteiger charge is 1.96. The summed E-state index contributed by atoms with van der Waals surface area (Å²) in [6.07, 6.45) is 8.82. The third-order valence-electron chi connectivity index (χ3n) is 2.54. The summed E-state index contributed by atoms with van der Waals surface area (Å²) < 4.78 is 0. The maximum absolute atomic E-state index is 5.52. The van der Waals surface area contributed by atoms with E-state index in [9.17, 15) is 0 Å². The molecule has 19 heavy (non-hydrogen) atoms. The molecule has 0 bridgehead atoms. The van der Waals surface area contributed by atoms with Crippen LogP contribution in [0.4, 0.5) is 5.82 Å². The highest BCUT2D eigenvalue weighted by molar-refractivity contribution is 5.70. The summed E-state index contributed by atoms with van der Waals surface area (Å²) >= 11 is 0. The Morgan fingerprint density at radius 2 is 2.32 bits per heavy atom. The van der Waals surface area contributed by atoms with E-state index in [1.165, 1.54) is 0 Å². The van der Waals surface area contributed by atoms with Crippen LogP contribution in [0.15, 0.2) is 35.3 Å². The van der Waals surface area contributed by atoms with Crippen molar-refractivity contribution in [3.63, 3.8) is 0 Å². The number of rotatable bonds is 9. The van der Waals surface area contributed by atoms with E-state index in [0.29, 0.717) is 6.54 Å². The van der Waals surface area contributed by atoms with Gasteiger partial charge in [-0.15, -0.1) is 0 Å². The highest BCUT2D eigenvalue weighted by Crippen LogP contribution is 2.05. The molecule has 0 saturated carbocycles. The first-order valence-electron chi connectivity index (χ1n) is 6.91. The number of nitrogens with zero attached hydrogens (tertiary/aromatic N) is 2. The van der Waals surface area contributed by atoms with Crippen LogP contribution in [0.25, 0.3) is 0 Å². The molecular formula is C15H24N4. The molecule has 0 radical (unpaired) electrons. The minimum Gasteiger partial charge on any atom is -0.370 e. The molecule has 0 aliphatic carbocycles. The SMILES string of the molecule is CC/C=C\C=NCCCNc1cccc(CCN)n1. The lowest BCUT2D eigenvalue weighted by Gasteiger charge is -2.06. The van der Waals surface area contributed by atoms with Gasteiger partial charge in [0.1, 0.15) is 5.82 Å². The van der Waals surface area contributed by atoms with Gasteiger partial charge in [0.05, 0.1) is 0 Å². The van der Waals surface area contributed by atoms with Gasteiger partial charge >= 0.3 is 0 Å². The Morgan fingerprint density at radius 3 is 3.11 bits per heavy atom. The fourth-order valence-corrected chi connectivity index (χ4v) is 1.58. The number of hydrogen-bond acceptors (Lipinski definition) is 4. The first kappa shape index (κ1) is 15.4. The topological polar surface area (TPSA) is 63.3 Å². The van der Waals surface area contributed by atoms with E-state index in [4.69, 9.17) is 5.73 Å². The Hall–Kier alpha value is -1.68. The molecule has 0 fully saturated rings. The van der Waals surface area contributed by atoms with Crippen molar-refractivity contribution in [1.29, 1.82) is 0 Å². The summed E-state index contributed by atoms with van der Waals surface area (Å²) in [5.41, 5.74) is 6.56. The zero-order chi connectivity index (χ0) is 13.8. The summed E-state index contributed by atoms with van der Waals surface area (Å²) in [5.74, 6) is 0.917. The third kappa shape index (κ3) is 7.36. The zero-order valence-corrected chi connectivity index (χ0v) is 11.7. The van der Waals surface area contributed by atoms with Gasteiger partial charge in [0.25, 0.3) is 0 Å². The van der Waals surface area contributed by atoms with Gasteiger partial charge in [0.2, 0.25) is 0 Å². The molecule has 0 saturated heterocycles. The summed E-state index contributed by atoms with van der Waals surface area (Å²) in [6.45, 7) is 4.47. The van der Waals surface area contributed by atoms with E-state index in [0.717, 1.165) is 43.9 Å². The average Bonchev–Trinajstić information content (AvgIpc) is 2.43. The largest absolute Gasteiger partial charge is 0.370 e. The zero-order valence-electron chi connectivity index (χ0n) is 11.7. The second-order valence-corrected chi connectivity index (χ2v) is 4.22. The minimum atomic E-state index is 0.635. The average molecular weight is 260 g/mol. The summed E-state index contributed by atoms with van der Waals surface area (Å²) in [4.78, 5) is 8.78. The van der Waals surface area contributed by atoms with E-state index >= 15 is 0 Å². The van der Waals surface area contributed by atoms with Gasteiger partial charge in [-0.05, 0) is 37.6 Å². The van der Waals surface area contributed by atoms with Crippen LogP contribution in [-0.4, -0.2) is 30.8 Å². The number of hydrogen-bond donors (Lipinski definition) is 2. The van der Waals surface area contributed by atoms with Crippen molar-refractivity contribution in [3.05, 3.63) is 36.0 Å². The van der Waals surface area contributed by atoms with Gasteiger partial charge < -0.3 is 11.1 Å². The molecule has 0 aliphatic heterocycles. The highest BCUT2D eigenvalue weighted by atomic mass is 15.0. The van der Waals surface area contributed by atoms with Crippen LogP contribution in [0.1, 0.15) is 25.5 Å². The minimum absolute atomic E-state index is 0.635. The molecular weight excluding hydrogens is 236 g/mol. The van der Waals surface area contributed by atoms with Gasteiger partial charge in [-0.3, -0.25) is 4.99 Å². The van der Waals surface area contributed by atoms with Crippen molar-refractivity contribution in [3.8, 4) is 0 Å². The van der Waals surface area contributed by atoms with Crippen LogP contribution >= 0.6 is 0 Å². The van der Waals surface area contributed by atoms with Crippen molar-refractivity contribution in [2.24, 2.45) is 10.7 Å². The molecule has 0 spiro atoms. The lowest BCUT2D eigenvalue weighted by atomic mass is 10.2. The lowest BCUT2D eigenvalue weighted by molar-refractivity contribution is 0.867. The summed E-state index contributed by atoms with van der Waals surface area (Å²) in [7, 11) is 0. The van der Waals surface area contributed by atoms with Crippen LogP contribution in [0.3, 0.4) is 0 Å². The second kappa shape index (κ2) is 10.3. The first-order valence-corrected chi connectivity index (χ1v) is 6.91. The van der Waals surface area contributed by atoms with E-state index < -0.39 is 0 Å². The maximum Gasteiger partial charge on any atom is 0.126 e. The molecule has 0 unspecified atom stereocenters. The molecule has 1 rings (SSSR count). The normalized spacial score (nSPS) is 11.5. The summed E-state index contributed by atoms with van der Waals surface area (Å²) in [5, 5.41) is 3.30. The quantitative estimate of drug-likeness (QED) is 0.529. The van der Waals surface area contributed by atoms with E-state index in [2.05, 4.69) is 28.3 Å². The van der Waals surface area contributed by atoms with Gasteiger partial charge in [-0.25, -0.2) is 4.98 Å². The molecule has 1 aromatic rings. The van der Waals surface area contributed by atoms with Gasteiger partial charge in [0.15, 0.2) is 0 Å². The Bertz CT molecular complexity index is 399. The molecule has 0 aliphatic rings. The van der Waals surface area contributed by atoms with E-state index in [-0.39, 0.29) is 0 Å². The Balaban J connectivity index is 2.20. The van der Waals surface area contributed by atoms with E-state index in [1.807, 2.05) is 30.5 Å². The molecule has 1 aromatic heterocycles.